The number of rotatable bonds is 13. The summed E-state index contributed by atoms with van der Waals surface area (Å²) in [6, 6.07) is 14.3. The van der Waals surface area contributed by atoms with Crippen LogP contribution < -0.4 is 0 Å². The molecule has 38 heavy (non-hydrogen) atoms. The maximum Gasteiger partial charge on any atom is 0.0473 e. The van der Waals surface area contributed by atoms with Crippen LogP contribution in [0.4, 0.5) is 0 Å². The van der Waals surface area contributed by atoms with Crippen molar-refractivity contribution in [2.45, 2.75) is 104 Å². The zero-order valence-corrected chi connectivity index (χ0v) is 24.6. The minimum Gasteiger partial charge on any atom is -0.298 e. The first-order chi connectivity index (χ1) is 18.4. The molecule has 1 unspecified atom stereocenters. The molecular weight excluding hydrogens is 460 g/mol. The smallest absolute Gasteiger partial charge is 0.0473 e. The summed E-state index contributed by atoms with van der Waals surface area (Å²) in [4.78, 5) is 7.82. The van der Waals surface area contributed by atoms with Gasteiger partial charge in [0.1, 0.15) is 0 Å². The van der Waals surface area contributed by atoms with Gasteiger partial charge in [-0.1, -0.05) is 100 Å². The Balaban J connectivity index is 1.25. The summed E-state index contributed by atoms with van der Waals surface area (Å²) < 4.78 is 0. The highest BCUT2D eigenvalue weighted by Crippen LogP contribution is 2.47. The van der Waals surface area contributed by atoms with Gasteiger partial charge in [-0.3, -0.25) is 9.89 Å². The van der Waals surface area contributed by atoms with E-state index >= 15 is 0 Å². The number of hydrogen-bond donors (Lipinski definition) is 0. The predicted molar refractivity (Wildman–Crippen MR) is 164 cm³/mol. The summed E-state index contributed by atoms with van der Waals surface area (Å²) in [7, 11) is 0. The lowest BCUT2D eigenvalue weighted by molar-refractivity contribution is 0.0128. The summed E-state index contributed by atoms with van der Waals surface area (Å²) in [6.45, 7) is 17.9. The molecule has 2 nitrogen and oxygen atoms in total. The highest BCUT2D eigenvalue weighted by atomic mass is 15.2. The molecule has 2 fully saturated rings. The first-order valence-corrected chi connectivity index (χ1v) is 15.5. The normalized spacial score (nSPS) is 19.4. The molecule has 1 spiro atoms. The molecule has 1 saturated heterocycles. The van der Waals surface area contributed by atoms with Gasteiger partial charge in [0.05, 0.1) is 0 Å². The summed E-state index contributed by atoms with van der Waals surface area (Å²) >= 11 is 0. The first-order valence-electron chi connectivity index (χ1n) is 15.5. The molecule has 0 radical (unpaired) electrons. The van der Waals surface area contributed by atoms with Gasteiger partial charge >= 0.3 is 0 Å². The van der Waals surface area contributed by atoms with Gasteiger partial charge in [0, 0.05) is 43.2 Å². The van der Waals surface area contributed by atoms with Crippen LogP contribution in [0.2, 0.25) is 0 Å². The second-order valence-electron chi connectivity index (χ2n) is 13.0. The molecule has 5 rings (SSSR count). The number of aryl methyl sites for hydroxylation is 2. The van der Waals surface area contributed by atoms with Crippen LogP contribution in [0.25, 0.3) is 11.1 Å². The number of nitrogens with zero attached hydrogens (tertiary/aromatic N) is 2. The summed E-state index contributed by atoms with van der Waals surface area (Å²) in [5.74, 6) is 1.26. The van der Waals surface area contributed by atoms with E-state index in [1.165, 1.54) is 111 Å². The summed E-state index contributed by atoms with van der Waals surface area (Å²) in [5, 5.41) is 0. The quantitative estimate of drug-likeness (QED) is 0.194. The van der Waals surface area contributed by atoms with E-state index in [0.29, 0.717) is 11.3 Å². The Morgan fingerprint density at radius 3 is 2.47 bits per heavy atom. The molecule has 2 aliphatic heterocycles. The van der Waals surface area contributed by atoms with Crippen molar-refractivity contribution >= 4 is 5.71 Å². The summed E-state index contributed by atoms with van der Waals surface area (Å²) in [6.07, 6.45) is 12.8. The Morgan fingerprint density at radius 2 is 1.82 bits per heavy atom. The van der Waals surface area contributed by atoms with Gasteiger partial charge in [-0.05, 0) is 79.7 Å². The van der Waals surface area contributed by atoms with Crippen LogP contribution in [0.5, 0.6) is 0 Å². The lowest BCUT2D eigenvalue weighted by atomic mass is 9.74. The topological polar surface area (TPSA) is 15.6 Å². The van der Waals surface area contributed by atoms with E-state index in [2.05, 4.69) is 75.6 Å². The van der Waals surface area contributed by atoms with E-state index < -0.39 is 0 Å². The standard InChI is InChI=1S/C36H50N2/c1-6-8-9-10-12-32(26(3)4)34-21-36(23-37-34)24-38(25-36)22-28-19-31(11-7-2)35(33(20-28)29-17-18-29)30-15-13-27(5)14-16-30/h13-16,19-20,29,32H,3,6-12,17-18,21-25H2,1-2,4-5H3. The highest BCUT2D eigenvalue weighted by molar-refractivity contribution is 5.91. The third kappa shape index (κ3) is 6.17. The average Bonchev–Trinajstić information content (AvgIpc) is 3.63. The molecule has 1 saturated carbocycles. The molecule has 2 aromatic rings. The molecule has 0 amide bonds. The van der Waals surface area contributed by atoms with Gasteiger partial charge in [0.2, 0.25) is 0 Å². The van der Waals surface area contributed by atoms with E-state index in [9.17, 15) is 0 Å². The minimum atomic E-state index is 0.389. The van der Waals surface area contributed by atoms with Crippen molar-refractivity contribution in [3.63, 3.8) is 0 Å². The third-order valence-corrected chi connectivity index (χ3v) is 9.23. The third-order valence-electron chi connectivity index (χ3n) is 9.23. The largest absolute Gasteiger partial charge is 0.298 e. The van der Waals surface area contributed by atoms with E-state index in [1.807, 2.05) is 0 Å². The van der Waals surface area contributed by atoms with Gasteiger partial charge in [-0.25, -0.2) is 0 Å². The molecule has 2 heterocycles. The lowest BCUT2D eigenvalue weighted by Crippen LogP contribution is -2.56. The van der Waals surface area contributed by atoms with E-state index in [0.717, 1.165) is 19.0 Å². The van der Waals surface area contributed by atoms with Crippen molar-refractivity contribution in [3.05, 3.63) is 70.8 Å². The van der Waals surface area contributed by atoms with Gasteiger partial charge < -0.3 is 0 Å². The number of unbranched alkanes of at least 4 members (excludes halogenated alkanes) is 3. The fourth-order valence-corrected chi connectivity index (χ4v) is 7.10. The average molecular weight is 511 g/mol. The molecule has 0 aromatic heterocycles. The Hall–Kier alpha value is -2.19. The maximum atomic E-state index is 5.14. The number of allylic oxidation sites excluding steroid dienone is 1. The number of aliphatic imine (C=N–C) groups is 1. The first kappa shape index (κ1) is 27.4. The Bertz CT molecular complexity index is 1140. The molecule has 1 atom stereocenters. The van der Waals surface area contributed by atoms with E-state index in [1.54, 1.807) is 11.1 Å². The van der Waals surface area contributed by atoms with E-state index in [4.69, 9.17) is 4.99 Å². The SMILES string of the molecule is C=C(C)C(CCCCCC)C1=NCC2(C1)CN(Cc1cc(CCC)c(-c3ccc(C)cc3)c(C3CC3)c1)C2. The zero-order valence-electron chi connectivity index (χ0n) is 24.6. The fraction of sp³-hybridized carbons (Fsp3) is 0.583. The fourth-order valence-electron chi connectivity index (χ4n) is 7.10. The van der Waals surface area contributed by atoms with Crippen LogP contribution in [-0.2, 0) is 13.0 Å². The molecule has 204 valence electrons. The van der Waals surface area contributed by atoms with Crippen molar-refractivity contribution in [1.29, 1.82) is 0 Å². The Morgan fingerprint density at radius 1 is 1.05 bits per heavy atom. The number of likely N-dealkylation sites (tertiary alicyclic amines) is 1. The Kier molecular flexibility index (Phi) is 8.58. The van der Waals surface area contributed by atoms with Crippen molar-refractivity contribution in [3.8, 4) is 11.1 Å². The molecule has 0 bridgehead atoms. The highest BCUT2D eigenvalue weighted by Gasteiger charge is 2.47. The molecule has 1 aliphatic carbocycles. The van der Waals surface area contributed by atoms with Crippen LogP contribution in [0.15, 0.2) is 53.5 Å². The van der Waals surface area contributed by atoms with Crippen molar-refractivity contribution in [1.82, 2.24) is 4.90 Å². The molecule has 3 aliphatic rings. The van der Waals surface area contributed by atoms with Crippen molar-refractivity contribution in [2.24, 2.45) is 16.3 Å². The predicted octanol–water partition coefficient (Wildman–Crippen LogP) is 9.30. The number of benzene rings is 2. The molecular formula is C36H50N2. The Labute approximate surface area is 232 Å². The van der Waals surface area contributed by atoms with Crippen LogP contribution in [-0.4, -0.2) is 30.2 Å². The van der Waals surface area contributed by atoms with E-state index in [-0.39, 0.29) is 0 Å². The minimum absolute atomic E-state index is 0.389. The van der Waals surface area contributed by atoms with Crippen LogP contribution in [0.1, 0.15) is 107 Å². The van der Waals surface area contributed by atoms with Crippen LogP contribution in [0.3, 0.4) is 0 Å². The monoisotopic (exact) mass is 510 g/mol. The second-order valence-corrected chi connectivity index (χ2v) is 13.0. The maximum absolute atomic E-state index is 5.14. The van der Waals surface area contributed by atoms with Crippen LogP contribution >= 0.6 is 0 Å². The van der Waals surface area contributed by atoms with Crippen molar-refractivity contribution < 1.29 is 0 Å². The lowest BCUT2D eigenvalue weighted by Gasteiger charge is -2.48. The van der Waals surface area contributed by atoms with Gasteiger partial charge in [-0.15, -0.1) is 0 Å². The summed E-state index contributed by atoms with van der Waals surface area (Å²) in [5.41, 5.74) is 12.1. The second kappa shape index (κ2) is 11.9. The molecule has 0 N–H and O–H groups in total. The molecule has 2 heteroatoms. The zero-order chi connectivity index (χ0) is 26.7. The van der Waals surface area contributed by atoms with Crippen LogP contribution in [0, 0.1) is 18.3 Å². The van der Waals surface area contributed by atoms with Gasteiger partial charge in [-0.2, -0.15) is 0 Å². The van der Waals surface area contributed by atoms with Gasteiger partial charge in [0.15, 0.2) is 0 Å². The van der Waals surface area contributed by atoms with Gasteiger partial charge in [0.25, 0.3) is 0 Å². The van der Waals surface area contributed by atoms with Crippen molar-refractivity contribution in [2.75, 3.05) is 19.6 Å². The number of hydrogen-bond acceptors (Lipinski definition) is 2. The molecule has 2 aromatic carbocycles.